The van der Waals surface area contributed by atoms with Gasteiger partial charge in [-0.3, -0.25) is 9.59 Å². The maximum atomic E-state index is 13.6. The molecule has 0 aliphatic carbocycles. The molecule has 1 saturated heterocycles. The Morgan fingerprint density at radius 3 is 2.70 bits per heavy atom. The van der Waals surface area contributed by atoms with Gasteiger partial charge in [0.15, 0.2) is 11.6 Å². The minimum atomic E-state index is -1.24. The minimum Gasteiger partial charge on any atom is -0.481 e. The van der Waals surface area contributed by atoms with Crippen molar-refractivity contribution in [2.24, 2.45) is 5.92 Å². The van der Waals surface area contributed by atoms with Crippen LogP contribution in [-0.2, 0) is 9.53 Å². The number of carbonyl (C=O) groups excluding carboxylic acids is 1. The second kappa shape index (κ2) is 5.54. The van der Waals surface area contributed by atoms with Crippen LogP contribution in [0, 0.1) is 17.6 Å². The molecule has 2 unspecified atom stereocenters. The van der Waals surface area contributed by atoms with Gasteiger partial charge in [0.25, 0.3) is 5.91 Å². The Hall–Kier alpha value is -2.02. The van der Waals surface area contributed by atoms with Crippen LogP contribution < -0.4 is 0 Å². The average molecular weight is 285 g/mol. The lowest BCUT2D eigenvalue weighted by molar-refractivity contribution is -0.142. The molecule has 0 saturated carbocycles. The van der Waals surface area contributed by atoms with Gasteiger partial charge in [-0.25, -0.2) is 8.78 Å². The highest BCUT2D eigenvalue weighted by molar-refractivity contribution is 5.95. The summed E-state index contributed by atoms with van der Waals surface area (Å²) in [6.45, 7) is 0.0411. The first-order valence-electron chi connectivity index (χ1n) is 5.95. The van der Waals surface area contributed by atoms with Crippen LogP contribution in [0.1, 0.15) is 10.4 Å². The summed E-state index contributed by atoms with van der Waals surface area (Å²) in [4.78, 5) is 24.3. The van der Waals surface area contributed by atoms with Crippen molar-refractivity contribution in [2.45, 2.75) is 6.04 Å². The number of nitrogens with zero attached hydrogens (tertiary/aromatic N) is 1. The summed E-state index contributed by atoms with van der Waals surface area (Å²) in [5.74, 6) is -5.10. The van der Waals surface area contributed by atoms with Crippen LogP contribution in [0.15, 0.2) is 18.2 Å². The van der Waals surface area contributed by atoms with Gasteiger partial charge in [-0.2, -0.15) is 0 Å². The first-order valence-corrected chi connectivity index (χ1v) is 5.95. The molecule has 1 amide bonds. The maximum Gasteiger partial charge on any atom is 0.311 e. The SMILES string of the molecule is CN(C(=O)c1cccc(F)c1F)C1COCC1C(=O)O. The van der Waals surface area contributed by atoms with E-state index < -0.39 is 41.0 Å². The number of carboxylic acid groups (broad SMARTS) is 1. The van der Waals surface area contributed by atoms with Crippen molar-refractivity contribution in [3.05, 3.63) is 35.4 Å². The normalized spacial score (nSPS) is 21.8. The number of benzene rings is 1. The van der Waals surface area contributed by atoms with Gasteiger partial charge in [-0.05, 0) is 12.1 Å². The summed E-state index contributed by atoms with van der Waals surface area (Å²) in [7, 11) is 1.35. The highest BCUT2D eigenvalue weighted by atomic mass is 19.2. The number of carboxylic acids is 1. The predicted molar refractivity (Wildman–Crippen MR) is 64.2 cm³/mol. The quantitative estimate of drug-likeness (QED) is 0.904. The molecule has 20 heavy (non-hydrogen) atoms. The molecule has 108 valence electrons. The van der Waals surface area contributed by atoms with Crippen molar-refractivity contribution in [1.29, 1.82) is 0 Å². The molecule has 1 heterocycles. The third kappa shape index (κ3) is 2.49. The number of likely N-dealkylation sites (N-methyl/N-ethyl adjacent to an activating group) is 1. The first kappa shape index (κ1) is 14.4. The fourth-order valence-corrected chi connectivity index (χ4v) is 2.17. The maximum absolute atomic E-state index is 13.6. The Kier molecular flexibility index (Phi) is 3.99. The summed E-state index contributed by atoms with van der Waals surface area (Å²) in [6.07, 6.45) is 0. The second-order valence-corrected chi connectivity index (χ2v) is 4.57. The van der Waals surface area contributed by atoms with Crippen LogP contribution in [0.25, 0.3) is 0 Å². The molecule has 1 aromatic carbocycles. The Balaban J connectivity index is 2.24. The lowest BCUT2D eigenvalue weighted by atomic mass is 10.0. The van der Waals surface area contributed by atoms with Crippen molar-refractivity contribution in [3.63, 3.8) is 0 Å². The van der Waals surface area contributed by atoms with Gasteiger partial charge in [0.2, 0.25) is 0 Å². The minimum absolute atomic E-state index is 0.0107. The van der Waals surface area contributed by atoms with Crippen LogP contribution in [-0.4, -0.2) is 48.2 Å². The predicted octanol–water partition coefficient (Wildman–Crippen LogP) is 1.14. The van der Waals surface area contributed by atoms with E-state index in [1.807, 2.05) is 0 Å². The number of carbonyl (C=O) groups is 2. The smallest absolute Gasteiger partial charge is 0.311 e. The molecule has 1 aliphatic rings. The third-order valence-electron chi connectivity index (χ3n) is 3.37. The zero-order valence-corrected chi connectivity index (χ0v) is 10.7. The summed E-state index contributed by atoms with van der Waals surface area (Å²) in [5.41, 5.74) is -0.427. The molecule has 0 aromatic heterocycles. The number of amides is 1. The Morgan fingerprint density at radius 2 is 2.05 bits per heavy atom. The summed E-state index contributed by atoms with van der Waals surface area (Å²) < 4.78 is 31.8. The average Bonchev–Trinajstić information content (AvgIpc) is 2.89. The molecule has 0 radical (unpaired) electrons. The van der Waals surface area contributed by atoms with E-state index in [4.69, 9.17) is 9.84 Å². The van der Waals surface area contributed by atoms with E-state index in [1.165, 1.54) is 13.1 Å². The molecule has 1 aliphatic heterocycles. The van der Waals surface area contributed by atoms with Crippen molar-refractivity contribution < 1.29 is 28.2 Å². The molecule has 2 rings (SSSR count). The number of hydrogen-bond acceptors (Lipinski definition) is 3. The topological polar surface area (TPSA) is 66.8 Å². The highest BCUT2D eigenvalue weighted by Crippen LogP contribution is 2.22. The largest absolute Gasteiger partial charge is 0.481 e. The second-order valence-electron chi connectivity index (χ2n) is 4.57. The molecule has 0 bridgehead atoms. The van der Waals surface area contributed by atoms with Crippen molar-refractivity contribution in [1.82, 2.24) is 4.90 Å². The van der Waals surface area contributed by atoms with Crippen LogP contribution in [0.4, 0.5) is 8.78 Å². The summed E-state index contributed by atoms with van der Waals surface area (Å²) in [6, 6.07) is 2.58. The lowest BCUT2D eigenvalue weighted by Gasteiger charge is -2.26. The summed E-state index contributed by atoms with van der Waals surface area (Å²) in [5, 5.41) is 9.03. The molecule has 5 nitrogen and oxygen atoms in total. The lowest BCUT2D eigenvalue weighted by Crippen LogP contribution is -2.44. The van der Waals surface area contributed by atoms with Gasteiger partial charge < -0.3 is 14.7 Å². The first-order chi connectivity index (χ1) is 9.43. The molecule has 7 heteroatoms. The van der Waals surface area contributed by atoms with E-state index in [0.29, 0.717) is 0 Å². The molecule has 1 aromatic rings. The van der Waals surface area contributed by atoms with E-state index in [2.05, 4.69) is 0 Å². The fourth-order valence-electron chi connectivity index (χ4n) is 2.17. The monoisotopic (exact) mass is 285 g/mol. The standard InChI is InChI=1S/C13H13F2NO4/c1-16(10-6-20-5-8(10)13(18)19)12(17)7-3-2-4-9(14)11(7)15/h2-4,8,10H,5-6H2,1H3,(H,18,19). The van der Waals surface area contributed by atoms with Gasteiger partial charge in [-0.1, -0.05) is 6.07 Å². The van der Waals surface area contributed by atoms with Gasteiger partial charge in [-0.15, -0.1) is 0 Å². The van der Waals surface area contributed by atoms with Gasteiger partial charge in [0.1, 0.15) is 5.92 Å². The summed E-state index contributed by atoms with van der Waals surface area (Å²) >= 11 is 0. The van der Waals surface area contributed by atoms with Gasteiger partial charge >= 0.3 is 5.97 Å². The molecule has 0 spiro atoms. The number of halogens is 2. The van der Waals surface area contributed by atoms with Crippen molar-refractivity contribution in [2.75, 3.05) is 20.3 Å². The van der Waals surface area contributed by atoms with Crippen LogP contribution in [0.3, 0.4) is 0 Å². The van der Waals surface area contributed by atoms with Crippen LogP contribution >= 0.6 is 0 Å². The Morgan fingerprint density at radius 1 is 1.35 bits per heavy atom. The van der Waals surface area contributed by atoms with E-state index in [9.17, 15) is 18.4 Å². The number of rotatable bonds is 3. The number of hydrogen-bond donors (Lipinski definition) is 1. The van der Waals surface area contributed by atoms with Crippen LogP contribution in [0.2, 0.25) is 0 Å². The number of aliphatic carboxylic acids is 1. The molecule has 2 atom stereocenters. The van der Waals surface area contributed by atoms with Crippen LogP contribution in [0.5, 0.6) is 0 Å². The molecular formula is C13H13F2NO4. The van der Waals surface area contributed by atoms with E-state index in [1.54, 1.807) is 0 Å². The molecule has 1 fully saturated rings. The van der Waals surface area contributed by atoms with Crippen molar-refractivity contribution in [3.8, 4) is 0 Å². The Labute approximate surface area is 113 Å². The highest BCUT2D eigenvalue weighted by Gasteiger charge is 2.39. The van der Waals surface area contributed by atoms with Crippen molar-refractivity contribution >= 4 is 11.9 Å². The third-order valence-corrected chi connectivity index (χ3v) is 3.37. The zero-order chi connectivity index (χ0) is 14.9. The van der Waals surface area contributed by atoms with Gasteiger partial charge in [0, 0.05) is 7.05 Å². The Bertz CT molecular complexity index is 549. The van der Waals surface area contributed by atoms with Gasteiger partial charge in [0.05, 0.1) is 24.8 Å². The number of ether oxygens (including phenoxy) is 1. The zero-order valence-electron chi connectivity index (χ0n) is 10.7. The van der Waals surface area contributed by atoms with E-state index >= 15 is 0 Å². The molecular weight excluding hydrogens is 272 g/mol. The van der Waals surface area contributed by atoms with E-state index in [-0.39, 0.29) is 13.2 Å². The fraction of sp³-hybridized carbons (Fsp3) is 0.385. The van der Waals surface area contributed by atoms with E-state index in [0.717, 1.165) is 17.0 Å². The molecule has 1 N–H and O–H groups in total.